The van der Waals surface area contributed by atoms with Crippen LogP contribution in [0.25, 0.3) is 41.8 Å². The molecule has 0 spiro atoms. The summed E-state index contributed by atoms with van der Waals surface area (Å²) < 4.78 is 31.8. The van der Waals surface area contributed by atoms with Crippen molar-refractivity contribution in [3.05, 3.63) is 77.7 Å². The molecular weight excluding hydrogens is 1180 g/mol. The Bertz CT molecular complexity index is 2560. The lowest BCUT2D eigenvalue weighted by Crippen LogP contribution is -2.50. The monoisotopic (exact) mass is 1280 g/mol. The smallest absolute Gasteiger partial charge is 0.410 e. The summed E-state index contributed by atoms with van der Waals surface area (Å²) in [6.45, 7) is 35.1. The van der Waals surface area contributed by atoms with Gasteiger partial charge in [-0.25, -0.2) is 28.8 Å². The molecule has 6 rings (SSSR count). The average molecular weight is 1290 g/mol. The number of ether oxygens (including phenoxy) is 6. The third kappa shape index (κ3) is 33.7. The minimum Gasteiger partial charge on any atom is -0.457 e. The van der Waals surface area contributed by atoms with Crippen molar-refractivity contribution in [3.63, 3.8) is 0 Å². The summed E-state index contributed by atoms with van der Waals surface area (Å²) in [6, 6.07) is 7.29. The van der Waals surface area contributed by atoms with Crippen LogP contribution in [-0.2, 0) is 28.4 Å². The molecule has 0 radical (unpaired) electrons. The maximum atomic E-state index is 12.3. The van der Waals surface area contributed by atoms with Crippen molar-refractivity contribution < 1.29 is 67.4 Å². The molecular formula is C59H100N18O14. The first-order chi connectivity index (χ1) is 42.0. The number of carbonyl (C=O) groups is 6. The van der Waals surface area contributed by atoms with Crippen LogP contribution < -0.4 is 5.73 Å². The van der Waals surface area contributed by atoms with Gasteiger partial charge in [-0.1, -0.05) is 52.5 Å². The third-order valence-electron chi connectivity index (χ3n) is 12.9. The van der Waals surface area contributed by atoms with Crippen molar-refractivity contribution in [3.8, 4) is 0 Å². The van der Waals surface area contributed by atoms with Crippen LogP contribution in [0.5, 0.6) is 0 Å². The van der Waals surface area contributed by atoms with E-state index in [0.717, 1.165) is 19.4 Å². The number of esters is 1. The van der Waals surface area contributed by atoms with Crippen LogP contribution in [0.4, 0.5) is 24.0 Å². The predicted molar refractivity (Wildman–Crippen MR) is 338 cm³/mol. The van der Waals surface area contributed by atoms with Gasteiger partial charge in [-0.3, -0.25) is 0 Å². The van der Waals surface area contributed by atoms with Crippen LogP contribution in [-0.4, -0.2) is 213 Å². The van der Waals surface area contributed by atoms with E-state index in [1.54, 1.807) is 102 Å². The van der Waals surface area contributed by atoms with E-state index in [0.29, 0.717) is 56.3 Å². The molecule has 0 aliphatic carbocycles. The maximum Gasteiger partial charge on any atom is 0.410 e. The van der Waals surface area contributed by atoms with E-state index in [-0.39, 0.29) is 63.5 Å². The van der Waals surface area contributed by atoms with Gasteiger partial charge in [0.25, 0.3) is 0 Å². The van der Waals surface area contributed by atoms with Crippen LogP contribution in [0.2, 0.25) is 0 Å². The third-order valence-corrected chi connectivity index (χ3v) is 12.9. The molecule has 32 heteroatoms. The number of likely N-dealkylation sites (tertiary alicyclic amines) is 5. The van der Waals surface area contributed by atoms with E-state index in [4.69, 9.17) is 56.3 Å². The van der Waals surface area contributed by atoms with Gasteiger partial charge in [-0.2, -0.15) is 0 Å². The van der Waals surface area contributed by atoms with Crippen LogP contribution in [0.1, 0.15) is 160 Å². The molecule has 0 aromatic heterocycles. The summed E-state index contributed by atoms with van der Waals surface area (Å²) in [5, 5.41) is 33.6. The standard InChI is InChI=1S/C17H22N4O4.C11H20N4O2.C11H22N2O2.2C10H18N4O3/c1-17(2,3)25-16(23)21-10-13(19-20-18)9-14(11-21)24-15(22)12-7-5-4-6-8-12;1-8-5-9(13-14-12)7-15(6-8)10(16)17-11(2,3)4;1-8-5-9(12)7-13(6-8)10(14)15-11(2,3)4;2*1-10(2,3)17-9(16)14-5-7(12-13-11)4-8(15)6-14/h4-8,13-14H,9-11H2,1-3H3;8-9H,5-7H2,1-4H3;8-9H,5-7,12H2,1-4H3;2*7-8,15H,4-6H2,1-3H3/t13-,14+;2*8-,9+;7-,8+;7-,8-/m10011/s1. The minimum absolute atomic E-state index is 0.0845. The van der Waals surface area contributed by atoms with Gasteiger partial charge in [-0.15, -0.1) is 0 Å². The molecule has 5 heterocycles. The first-order valence-corrected chi connectivity index (χ1v) is 30.4. The van der Waals surface area contributed by atoms with Gasteiger partial charge in [0, 0.05) is 84.6 Å². The number of benzene rings is 1. The summed E-state index contributed by atoms with van der Waals surface area (Å²) in [5.74, 6) is 0.310. The Labute approximate surface area is 534 Å². The van der Waals surface area contributed by atoms with Crippen molar-refractivity contribution in [1.29, 1.82) is 0 Å². The van der Waals surface area contributed by atoms with Crippen molar-refractivity contribution in [2.24, 2.45) is 38.0 Å². The molecule has 91 heavy (non-hydrogen) atoms. The largest absolute Gasteiger partial charge is 0.457 e. The fourth-order valence-electron chi connectivity index (χ4n) is 9.72. The summed E-state index contributed by atoms with van der Waals surface area (Å²) in [5.41, 5.74) is 37.4. The number of rotatable bonds is 6. The number of nitrogens with zero attached hydrogens (tertiary/aromatic N) is 17. The van der Waals surface area contributed by atoms with E-state index < -0.39 is 88.7 Å². The predicted octanol–water partition coefficient (Wildman–Crippen LogP) is 11.4. The van der Waals surface area contributed by atoms with E-state index in [2.05, 4.69) is 47.0 Å². The number of aliphatic hydroxyl groups excluding tert-OH is 2. The summed E-state index contributed by atoms with van der Waals surface area (Å²) in [7, 11) is 0. The van der Waals surface area contributed by atoms with Crippen LogP contribution in [0.3, 0.4) is 0 Å². The Morgan fingerprint density at radius 3 is 1.03 bits per heavy atom. The molecule has 1 aromatic rings. The lowest BCUT2D eigenvalue weighted by atomic mass is 9.97. The SMILES string of the molecule is CC(C)(C)OC(=O)N1C[C@@H](O)C[C@@H](N=[N+]=[N-])C1.CC(C)(C)OC(=O)N1C[C@H](N=[N+]=[N-])C[C@H](OC(=O)c2ccccc2)C1.CC(C)(C)OC(=O)N1C[C@H](O)C[C@@H](N=[N+]=[N-])C1.C[C@H]1C[C@@H](N)CN(C(=O)OC(C)(C)C)C1.C[C@H]1C[C@@H](N=[N+]=[N-])CN(C(=O)OC(C)(C)C)C1. The molecule has 10 atom stereocenters. The van der Waals surface area contributed by atoms with E-state index >= 15 is 0 Å². The Morgan fingerprint density at radius 1 is 0.429 bits per heavy atom. The molecule has 5 aliphatic heterocycles. The average Bonchev–Trinajstić information content (AvgIpc) is 1.08. The molecule has 1 aromatic carbocycles. The Kier molecular flexibility index (Phi) is 31.6. The fraction of sp³-hybridized carbons (Fsp3) is 0.797. The Balaban J connectivity index is 0.000000393. The van der Waals surface area contributed by atoms with Crippen LogP contribution in [0.15, 0.2) is 50.8 Å². The van der Waals surface area contributed by atoms with E-state index in [9.17, 15) is 39.0 Å². The van der Waals surface area contributed by atoms with E-state index in [1.165, 1.54) is 14.7 Å². The molecule has 510 valence electrons. The van der Waals surface area contributed by atoms with Gasteiger partial charge in [0.15, 0.2) is 0 Å². The van der Waals surface area contributed by atoms with Gasteiger partial charge in [0.2, 0.25) is 0 Å². The van der Waals surface area contributed by atoms with Gasteiger partial charge < -0.3 is 68.9 Å². The van der Waals surface area contributed by atoms with Gasteiger partial charge in [0.1, 0.15) is 34.1 Å². The highest BCUT2D eigenvalue weighted by Crippen LogP contribution is 2.25. The molecule has 5 aliphatic rings. The zero-order valence-electron chi connectivity index (χ0n) is 56.2. The summed E-state index contributed by atoms with van der Waals surface area (Å²) in [4.78, 5) is 90.2. The number of nitrogens with two attached hydrogens (primary N) is 1. The highest BCUT2D eigenvalue weighted by molar-refractivity contribution is 5.89. The molecule has 5 amide bonds. The quantitative estimate of drug-likeness (QED) is 0.0783. The highest BCUT2D eigenvalue weighted by atomic mass is 16.6. The van der Waals surface area contributed by atoms with Crippen LogP contribution >= 0.6 is 0 Å². The normalized spacial score (nSPS) is 24.2. The molecule has 0 unspecified atom stereocenters. The lowest BCUT2D eigenvalue weighted by molar-refractivity contribution is -0.0148. The number of hydrogen-bond donors (Lipinski definition) is 3. The molecule has 0 bridgehead atoms. The number of amides is 5. The van der Waals surface area contributed by atoms with Crippen molar-refractivity contribution in [1.82, 2.24) is 24.5 Å². The van der Waals surface area contributed by atoms with Crippen molar-refractivity contribution >= 4 is 36.4 Å². The summed E-state index contributed by atoms with van der Waals surface area (Å²) in [6.07, 6.45) is -1.07. The number of piperidine rings is 5. The molecule has 4 N–H and O–H groups in total. The second kappa shape index (κ2) is 36.3. The fourth-order valence-corrected chi connectivity index (χ4v) is 9.72. The first kappa shape index (κ1) is 79.3. The lowest BCUT2D eigenvalue weighted by Gasteiger charge is -2.36. The summed E-state index contributed by atoms with van der Waals surface area (Å²) >= 11 is 0. The van der Waals surface area contributed by atoms with Crippen molar-refractivity contribution in [2.75, 3.05) is 65.4 Å². The zero-order chi connectivity index (χ0) is 69.2. The number of β-amino-alcohol motifs (C(OH)–C–C–N with tert-alkyl or cyclic N) is 2. The highest BCUT2D eigenvalue weighted by Gasteiger charge is 2.37. The van der Waals surface area contributed by atoms with Crippen molar-refractivity contribution in [2.45, 2.75) is 226 Å². The Hall–Kier alpha value is -7.84. The van der Waals surface area contributed by atoms with E-state index in [1.807, 2.05) is 48.5 Å². The molecule has 5 saturated heterocycles. The number of azide groups is 4. The van der Waals surface area contributed by atoms with Gasteiger partial charge >= 0.3 is 36.4 Å². The molecule has 32 nitrogen and oxygen atoms in total. The van der Waals surface area contributed by atoms with Gasteiger partial charge in [-0.05, 0) is 182 Å². The minimum atomic E-state index is -0.674. The Morgan fingerprint density at radius 2 is 0.714 bits per heavy atom. The topological polar surface area (TPSA) is 436 Å². The molecule has 0 saturated carbocycles. The number of hydrogen-bond acceptors (Lipinski definition) is 19. The number of carbonyl (C=O) groups excluding carboxylic acids is 6. The molecule has 5 fully saturated rings. The zero-order valence-corrected chi connectivity index (χ0v) is 56.2. The number of aliphatic hydroxyl groups is 2. The van der Waals surface area contributed by atoms with Crippen LogP contribution in [0, 0.1) is 11.8 Å². The second-order valence-electron chi connectivity index (χ2n) is 28.2. The van der Waals surface area contributed by atoms with Gasteiger partial charge in [0.05, 0.1) is 48.5 Å². The maximum absolute atomic E-state index is 12.3. The second-order valence-corrected chi connectivity index (χ2v) is 28.2. The first-order valence-electron chi connectivity index (χ1n) is 30.4.